The van der Waals surface area contributed by atoms with Crippen LogP contribution in [0.1, 0.15) is 20.3 Å². The van der Waals surface area contributed by atoms with Crippen LogP contribution in [0.25, 0.3) is 12.3 Å². The SMILES string of the molecule is C=c1cc[nH]/c1=C(\CC)N=CC. The molecule has 0 saturated heterocycles. The first-order valence-electron chi connectivity index (χ1n) is 4.13. The summed E-state index contributed by atoms with van der Waals surface area (Å²) >= 11 is 0. The molecule has 2 nitrogen and oxygen atoms in total. The minimum Gasteiger partial charge on any atom is -0.360 e. The molecule has 0 atom stereocenters. The van der Waals surface area contributed by atoms with E-state index in [-0.39, 0.29) is 0 Å². The summed E-state index contributed by atoms with van der Waals surface area (Å²) in [6.07, 6.45) is 4.62. The third kappa shape index (κ3) is 1.64. The average Bonchev–Trinajstić information content (AvgIpc) is 2.47. The number of aromatic nitrogens is 1. The van der Waals surface area contributed by atoms with Crippen molar-refractivity contribution < 1.29 is 0 Å². The number of aliphatic imine (C=N–C) groups is 1. The summed E-state index contributed by atoms with van der Waals surface area (Å²) in [4.78, 5) is 7.39. The van der Waals surface area contributed by atoms with Gasteiger partial charge in [0.05, 0.1) is 11.0 Å². The predicted octanol–water partition coefficient (Wildman–Crippen LogP) is 1.03. The lowest BCUT2D eigenvalue weighted by Crippen LogP contribution is -2.23. The summed E-state index contributed by atoms with van der Waals surface area (Å²) in [7, 11) is 0. The minimum atomic E-state index is 0.924. The molecule has 0 bridgehead atoms. The lowest BCUT2D eigenvalue weighted by atomic mass is 10.3. The first kappa shape index (κ1) is 8.78. The van der Waals surface area contributed by atoms with Gasteiger partial charge >= 0.3 is 0 Å². The first-order chi connectivity index (χ1) is 5.79. The zero-order valence-electron chi connectivity index (χ0n) is 7.59. The second-order valence-electron chi connectivity index (χ2n) is 2.57. The van der Waals surface area contributed by atoms with E-state index in [0.717, 1.165) is 22.7 Å². The second kappa shape index (κ2) is 3.90. The molecule has 64 valence electrons. The lowest BCUT2D eigenvalue weighted by molar-refractivity contribution is 1.14. The van der Waals surface area contributed by atoms with Crippen molar-refractivity contribution >= 4 is 18.5 Å². The summed E-state index contributed by atoms with van der Waals surface area (Å²) in [5.41, 5.74) is 1.06. The third-order valence-electron chi connectivity index (χ3n) is 1.74. The Morgan fingerprint density at radius 1 is 1.75 bits per heavy atom. The van der Waals surface area contributed by atoms with Crippen molar-refractivity contribution in [1.82, 2.24) is 4.98 Å². The largest absolute Gasteiger partial charge is 0.360 e. The van der Waals surface area contributed by atoms with Crippen LogP contribution < -0.4 is 10.6 Å². The van der Waals surface area contributed by atoms with E-state index in [0.29, 0.717) is 0 Å². The molecule has 0 fully saturated rings. The number of hydrogen-bond acceptors (Lipinski definition) is 1. The first-order valence-corrected chi connectivity index (χ1v) is 4.13. The van der Waals surface area contributed by atoms with Gasteiger partial charge in [-0.2, -0.15) is 0 Å². The van der Waals surface area contributed by atoms with Gasteiger partial charge in [0.2, 0.25) is 0 Å². The average molecular weight is 162 g/mol. The highest BCUT2D eigenvalue weighted by Crippen LogP contribution is 1.97. The van der Waals surface area contributed by atoms with Crippen molar-refractivity contribution in [3.8, 4) is 0 Å². The molecule has 0 saturated carbocycles. The van der Waals surface area contributed by atoms with Gasteiger partial charge in [-0.3, -0.25) is 4.99 Å². The van der Waals surface area contributed by atoms with Gasteiger partial charge in [-0.15, -0.1) is 0 Å². The van der Waals surface area contributed by atoms with Crippen molar-refractivity contribution in [1.29, 1.82) is 0 Å². The molecule has 1 aromatic rings. The number of nitrogens with zero attached hydrogens (tertiary/aromatic N) is 1. The zero-order chi connectivity index (χ0) is 8.97. The fraction of sp³-hybridized carbons (Fsp3) is 0.300. The smallest absolute Gasteiger partial charge is 0.0666 e. The maximum atomic E-state index is 4.27. The predicted molar refractivity (Wildman–Crippen MR) is 53.4 cm³/mol. The topological polar surface area (TPSA) is 28.1 Å². The number of nitrogens with one attached hydrogen (secondary N) is 1. The summed E-state index contributed by atoms with van der Waals surface area (Å²) in [6, 6.07) is 1.95. The Morgan fingerprint density at radius 2 is 2.50 bits per heavy atom. The molecular weight excluding hydrogens is 148 g/mol. The van der Waals surface area contributed by atoms with Crippen molar-refractivity contribution in [2.75, 3.05) is 0 Å². The Balaban J connectivity index is 3.37. The van der Waals surface area contributed by atoms with E-state index in [1.54, 1.807) is 6.21 Å². The maximum Gasteiger partial charge on any atom is 0.0666 e. The Labute approximate surface area is 72.3 Å². The fourth-order valence-corrected chi connectivity index (χ4v) is 1.16. The van der Waals surface area contributed by atoms with Crippen molar-refractivity contribution in [3.05, 3.63) is 22.8 Å². The normalized spacial score (nSPS) is 13.8. The molecule has 0 spiro atoms. The number of H-pyrrole nitrogens is 1. The highest BCUT2D eigenvalue weighted by Gasteiger charge is 1.92. The summed E-state index contributed by atoms with van der Waals surface area (Å²) in [6.45, 7) is 7.91. The monoisotopic (exact) mass is 162 g/mol. The van der Waals surface area contributed by atoms with Gasteiger partial charge in [0.15, 0.2) is 0 Å². The molecule has 0 amide bonds. The number of rotatable bonds is 2. The van der Waals surface area contributed by atoms with Crippen LogP contribution in [0.2, 0.25) is 0 Å². The molecule has 1 aromatic heterocycles. The Kier molecular flexibility index (Phi) is 2.86. The van der Waals surface area contributed by atoms with Gasteiger partial charge in [0.1, 0.15) is 0 Å². The molecule has 12 heavy (non-hydrogen) atoms. The van der Waals surface area contributed by atoms with E-state index in [9.17, 15) is 0 Å². The van der Waals surface area contributed by atoms with Crippen LogP contribution in [-0.4, -0.2) is 11.2 Å². The van der Waals surface area contributed by atoms with Gasteiger partial charge in [-0.1, -0.05) is 13.5 Å². The van der Waals surface area contributed by atoms with E-state index in [1.165, 1.54) is 0 Å². The Hall–Kier alpha value is -1.31. The molecule has 2 heteroatoms. The quantitative estimate of drug-likeness (QED) is 0.629. The number of aromatic amines is 1. The fourth-order valence-electron chi connectivity index (χ4n) is 1.16. The summed E-state index contributed by atoms with van der Waals surface area (Å²) in [5.74, 6) is 0. The third-order valence-corrected chi connectivity index (χ3v) is 1.74. The summed E-state index contributed by atoms with van der Waals surface area (Å²) in [5, 5.41) is 2.06. The van der Waals surface area contributed by atoms with E-state index >= 15 is 0 Å². The van der Waals surface area contributed by atoms with Crippen molar-refractivity contribution in [2.45, 2.75) is 20.3 Å². The van der Waals surface area contributed by atoms with Gasteiger partial charge in [-0.05, 0) is 24.6 Å². The molecule has 1 heterocycles. The van der Waals surface area contributed by atoms with Crippen LogP contribution >= 0.6 is 0 Å². The minimum absolute atomic E-state index is 0.924. The van der Waals surface area contributed by atoms with Crippen LogP contribution in [0.3, 0.4) is 0 Å². The Bertz CT molecular complexity index is 371. The molecule has 1 rings (SSSR count). The van der Waals surface area contributed by atoms with Crippen LogP contribution in [0, 0.1) is 0 Å². The van der Waals surface area contributed by atoms with E-state index in [2.05, 4.69) is 23.5 Å². The molecule has 0 aliphatic rings. The summed E-state index contributed by atoms with van der Waals surface area (Å²) < 4.78 is 0. The maximum absolute atomic E-state index is 4.27. The van der Waals surface area contributed by atoms with Crippen LogP contribution in [0.4, 0.5) is 0 Å². The molecular formula is C10H14N2. The molecule has 0 aliphatic carbocycles. The van der Waals surface area contributed by atoms with Crippen LogP contribution in [0.15, 0.2) is 17.3 Å². The van der Waals surface area contributed by atoms with Gasteiger partial charge < -0.3 is 4.98 Å². The molecule has 0 unspecified atom stereocenters. The van der Waals surface area contributed by atoms with Crippen LogP contribution in [0.5, 0.6) is 0 Å². The van der Waals surface area contributed by atoms with Gasteiger partial charge in [0, 0.05) is 12.4 Å². The zero-order valence-corrected chi connectivity index (χ0v) is 7.59. The second-order valence-corrected chi connectivity index (χ2v) is 2.57. The highest BCUT2D eigenvalue weighted by molar-refractivity contribution is 5.62. The number of hydrogen-bond donors (Lipinski definition) is 1. The van der Waals surface area contributed by atoms with Crippen LogP contribution in [-0.2, 0) is 0 Å². The molecule has 1 N–H and O–H groups in total. The van der Waals surface area contributed by atoms with E-state index in [1.807, 2.05) is 19.2 Å². The molecule has 0 radical (unpaired) electrons. The molecule has 0 aromatic carbocycles. The lowest BCUT2D eigenvalue weighted by Gasteiger charge is -1.92. The standard InChI is InChI=1S/C10H14N2/c1-4-9(11-5-2)10-8(3)6-7-12-10/h5-7,12H,3-4H2,1-2H3/b10-9+,11-5?. The van der Waals surface area contributed by atoms with Gasteiger partial charge in [-0.25, -0.2) is 0 Å². The van der Waals surface area contributed by atoms with Crippen molar-refractivity contribution in [3.63, 3.8) is 0 Å². The van der Waals surface area contributed by atoms with E-state index < -0.39 is 0 Å². The van der Waals surface area contributed by atoms with Gasteiger partial charge in [0.25, 0.3) is 0 Å². The van der Waals surface area contributed by atoms with E-state index in [4.69, 9.17) is 0 Å². The highest BCUT2D eigenvalue weighted by atomic mass is 14.8. The Morgan fingerprint density at radius 3 is 2.92 bits per heavy atom. The van der Waals surface area contributed by atoms with Crippen molar-refractivity contribution in [2.24, 2.45) is 4.99 Å². The molecule has 0 aliphatic heterocycles.